The Balaban J connectivity index is 2.50. The fraction of sp³-hybridized carbons (Fsp3) is 0.636. The van der Waals surface area contributed by atoms with Crippen LogP contribution in [-0.4, -0.2) is 47.3 Å². The van der Waals surface area contributed by atoms with E-state index in [-0.39, 0.29) is 0 Å². The number of nitrogens with zero attached hydrogens (tertiary/aromatic N) is 3. The van der Waals surface area contributed by atoms with Gasteiger partial charge in [-0.2, -0.15) is 0 Å². The molecule has 1 rings (SSSR count). The van der Waals surface area contributed by atoms with Crippen molar-refractivity contribution in [3.63, 3.8) is 0 Å². The van der Waals surface area contributed by atoms with Crippen LogP contribution in [0.4, 0.5) is 5.95 Å². The summed E-state index contributed by atoms with van der Waals surface area (Å²) in [6.07, 6.45) is 1.79. The molecule has 0 saturated carbocycles. The Bertz CT molecular complexity index is 344. The van der Waals surface area contributed by atoms with Crippen molar-refractivity contribution in [2.75, 3.05) is 37.8 Å². The number of aromatic nitrogens is 2. The van der Waals surface area contributed by atoms with Crippen molar-refractivity contribution in [2.24, 2.45) is 0 Å². The van der Waals surface area contributed by atoms with Crippen molar-refractivity contribution in [3.8, 4) is 0 Å². The van der Waals surface area contributed by atoms with Crippen LogP contribution in [0.2, 0.25) is 0 Å². The molecule has 0 unspecified atom stereocenters. The van der Waals surface area contributed by atoms with Gasteiger partial charge in [-0.15, -0.1) is 11.8 Å². The molecule has 4 nitrogen and oxygen atoms in total. The van der Waals surface area contributed by atoms with Gasteiger partial charge in [-0.3, -0.25) is 0 Å². The Morgan fingerprint density at radius 3 is 2.71 bits per heavy atom. The van der Waals surface area contributed by atoms with Gasteiger partial charge in [-0.1, -0.05) is 13.8 Å². The van der Waals surface area contributed by atoms with Crippen molar-refractivity contribution in [1.82, 2.24) is 14.9 Å². The molecule has 0 aliphatic heterocycles. The number of hydrogen-bond donors (Lipinski definition) is 1. The lowest BCUT2D eigenvalue weighted by molar-refractivity contribution is 0.324. The smallest absolute Gasteiger partial charge is 0.223 e. The highest BCUT2D eigenvalue weighted by atomic mass is 79.9. The molecular formula is C11H19BrN4S. The molecule has 1 heterocycles. The SMILES string of the molecule is CCN(CC)CCSc1nc(NC)ncc1Br. The van der Waals surface area contributed by atoms with Crippen molar-refractivity contribution in [1.29, 1.82) is 0 Å². The minimum Gasteiger partial charge on any atom is -0.357 e. The van der Waals surface area contributed by atoms with Crippen molar-refractivity contribution >= 4 is 33.6 Å². The van der Waals surface area contributed by atoms with Gasteiger partial charge < -0.3 is 10.2 Å². The number of thioether (sulfide) groups is 1. The first-order valence-corrected chi connectivity index (χ1v) is 7.54. The average Bonchev–Trinajstić information content (AvgIpc) is 2.36. The van der Waals surface area contributed by atoms with E-state index in [1.54, 1.807) is 18.0 Å². The molecule has 1 aromatic heterocycles. The lowest BCUT2D eigenvalue weighted by Gasteiger charge is -2.17. The summed E-state index contributed by atoms with van der Waals surface area (Å²) >= 11 is 5.23. The van der Waals surface area contributed by atoms with Gasteiger partial charge in [0.05, 0.1) is 4.47 Å². The molecule has 0 aliphatic rings. The van der Waals surface area contributed by atoms with E-state index in [4.69, 9.17) is 0 Å². The normalized spacial score (nSPS) is 10.9. The second-order valence-electron chi connectivity index (χ2n) is 3.47. The minimum atomic E-state index is 0.665. The van der Waals surface area contributed by atoms with Gasteiger partial charge in [0, 0.05) is 25.5 Å². The van der Waals surface area contributed by atoms with Crippen molar-refractivity contribution < 1.29 is 0 Å². The number of hydrogen-bond acceptors (Lipinski definition) is 5. The molecule has 0 bridgehead atoms. The van der Waals surface area contributed by atoms with Crippen LogP contribution in [0.5, 0.6) is 0 Å². The highest BCUT2D eigenvalue weighted by molar-refractivity contribution is 9.10. The standard InChI is InChI=1S/C11H19BrN4S/c1-4-16(5-2)6-7-17-10-9(12)8-14-11(13-3)15-10/h8H,4-7H2,1-3H3,(H,13,14,15). The quantitative estimate of drug-likeness (QED) is 0.618. The van der Waals surface area contributed by atoms with Crippen LogP contribution in [-0.2, 0) is 0 Å². The predicted octanol–water partition coefficient (Wildman–Crippen LogP) is 2.71. The summed E-state index contributed by atoms with van der Waals surface area (Å²) in [4.78, 5) is 11.0. The number of nitrogens with one attached hydrogen (secondary N) is 1. The molecule has 1 N–H and O–H groups in total. The lowest BCUT2D eigenvalue weighted by Crippen LogP contribution is -2.25. The first-order chi connectivity index (χ1) is 8.21. The summed E-state index contributed by atoms with van der Waals surface area (Å²) in [6, 6.07) is 0. The Morgan fingerprint density at radius 2 is 2.12 bits per heavy atom. The fourth-order valence-corrected chi connectivity index (χ4v) is 2.80. The molecule has 0 aliphatic carbocycles. The summed E-state index contributed by atoms with van der Waals surface area (Å²) in [5, 5.41) is 3.95. The largest absolute Gasteiger partial charge is 0.357 e. The van der Waals surface area contributed by atoms with Crippen LogP contribution in [0, 0.1) is 0 Å². The van der Waals surface area contributed by atoms with E-state index in [0.29, 0.717) is 5.95 Å². The Morgan fingerprint density at radius 1 is 1.41 bits per heavy atom. The topological polar surface area (TPSA) is 41.1 Å². The Kier molecular flexibility index (Phi) is 6.84. The zero-order chi connectivity index (χ0) is 12.7. The Hall–Kier alpha value is -0.330. The van der Waals surface area contributed by atoms with E-state index in [9.17, 15) is 0 Å². The van der Waals surface area contributed by atoms with Crippen LogP contribution in [0.3, 0.4) is 0 Å². The van der Waals surface area contributed by atoms with Gasteiger partial charge >= 0.3 is 0 Å². The zero-order valence-corrected chi connectivity index (χ0v) is 12.9. The number of halogens is 1. The van der Waals surface area contributed by atoms with Gasteiger partial charge in [-0.25, -0.2) is 9.97 Å². The van der Waals surface area contributed by atoms with Crippen molar-refractivity contribution in [3.05, 3.63) is 10.7 Å². The van der Waals surface area contributed by atoms with E-state index >= 15 is 0 Å². The lowest BCUT2D eigenvalue weighted by atomic mass is 10.5. The summed E-state index contributed by atoms with van der Waals surface area (Å²) in [6.45, 7) is 7.66. The van der Waals surface area contributed by atoms with Crippen LogP contribution >= 0.6 is 27.7 Å². The molecule has 0 radical (unpaired) electrons. The van der Waals surface area contributed by atoms with Gasteiger partial charge in [0.2, 0.25) is 5.95 Å². The third kappa shape index (κ3) is 4.81. The summed E-state index contributed by atoms with van der Waals surface area (Å²) in [5.41, 5.74) is 0. The molecule has 0 saturated heterocycles. The molecule has 0 spiro atoms. The first-order valence-electron chi connectivity index (χ1n) is 5.76. The average molecular weight is 319 g/mol. The van der Waals surface area contributed by atoms with Crippen LogP contribution in [0.1, 0.15) is 13.8 Å². The molecule has 96 valence electrons. The number of rotatable bonds is 7. The predicted molar refractivity (Wildman–Crippen MR) is 77.8 cm³/mol. The molecule has 0 aromatic carbocycles. The van der Waals surface area contributed by atoms with E-state index in [1.807, 2.05) is 7.05 Å². The molecule has 6 heteroatoms. The Labute approximate surface area is 116 Å². The third-order valence-electron chi connectivity index (χ3n) is 2.48. The molecule has 1 aromatic rings. The van der Waals surface area contributed by atoms with Gasteiger partial charge in [0.25, 0.3) is 0 Å². The second kappa shape index (κ2) is 7.89. The summed E-state index contributed by atoms with van der Waals surface area (Å²) in [5.74, 6) is 1.71. The molecule has 17 heavy (non-hydrogen) atoms. The molecular weight excluding hydrogens is 300 g/mol. The van der Waals surface area contributed by atoms with E-state index in [0.717, 1.165) is 34.9 Å². The maximum Gasteiger partial charge on any atom is 0.223 e. The third-order valence-corrected chi connectivity index (χ3v) is 4.29. The number of anilines is 1. The van der Waals surface area contributed by atoms with Crippen molar-refractivity contribution in [2.45, 2.75) is 18.9 Å². The van der Waals surface area contributed by atoms with Gasteiger partial charge in [0.15, 0.2) is 0 Å². The summed E-state index contributed by atoms with van der Waals surface area (Å²) < 4.78 is 0.959. The van der Waals surface area contributed by atoms with Crippen LogP contribution in [0.25, 0.3) is 0 Å². The second-order valence-corrected chi connectivity index (χ2v) is 5.41. The van der Waals surface area contributed by atoms with Gasteiger partial charge in [0.1, 0.15) is 5.03 Å². The van der Waals surface area contributed by atoms with E-state index in [1.165, 1.54) is 0 Å². The highest BCUT2D eigenvalue weighted by Crippen LogP contribution is 2.25. The fourth-order valence-electron chi connectivity index (χ4n) is 1.38. The minimum absolute atomic E-state index is 0.665. The molecule has 0 atom stereocenters. The highest BCUT2D eigenvalue weighted by Gasteiger charge is 2.06. The maximum absolute atomic E-state index is 4.41. The maximum atomic E-state index is 4.41. The molecule has 0 amide bonds. The molecule has 0 fully saturated rings. The van der Waals surface area contributed by atoms with E-state index in [2.05, 4.69) is 50.0 Å². The van der Waals surface area contributed by atoms with Gasteiger partial charge in [-0.05, 0) is 29.0 Å². The monoisotopic (exact) mass is 318 g/mol. The van der Waals surface area contributed by atoms with Crippen LogP contribution in [0.15, 0.2) is 15.7 Å². The zero-order valence-electron chi connectivity index (χ0n) is 10.5. The first kappa shape index (κ1) is 14.7. The van der Waals surface area contributed by atoms with Crippen LogP contribution < -0.4 is 5.32 Å². The summed E-state index contributed by atoms with van der Waals surface area (Å²) in [7, 11) is 1.83. The van der Waals surface area contributed by atoms with E-state index < -0.39 is 0 Å².